The largest absolute Gasteiger partial charge is 0.573 e. The van der Waals surface area contributed by atoms with Crippen LogP contribution in [0.15, 0.2) is 65.7 Å². The third kappa shape index (κ3) is 5.89. The normalized spacial score (nSPS) is 12.2. The number of fused-ring (bicyclic) bond motifs is 1. The molecule has 5 aromatic rings. The zero-order valence-corrected chi connectivity index (χ0v) is 21.4. The van der Waals surface area contributed by atoms with E-state index in [4.69, 9.17) is 23.2 Å². The first-order valence-electron chi connectivity index (χ1n) is 11.2. The number of carbonyl (C=O) groups excluding carboxylic acids is 1. The molecule has 5 rings (SSSR count). The van der Waals surface area contributed by atoms with Gasteiger partial charge in [0, 0.05) is 17.6 Å². The topological polar surface area (TPSA) is 115 Å². The lowest BCUT2D eigenvalue weighted by molar-refractivity contribution is -0.274. The van der Waals surface area contributed by atoms with Crippen molar-refractivity contribution in [3.05, 3.63) is 87.5 Å². The number of imidazole rings is 1. The molecule has 0 saturated heterocycles. The number of nitrogens with one attached hydrogen (secondary N) is 2. The van der Waals surface area contributed by atoms with Crippen LogP contribution >= 0.6 is 23.2 Å². The SMILES string of the molecule is Cn1c(=Nc2ccc(OC(F)(F)F)cc2)n(Cc2ccc(C(=O)Nc3nn[nH]n3)cc2)c2cc(Cl)cc(Cl)c21. The van der Waals surface area contributed by atoms with E-state index in [1.807, 2.05) is 4.57 Å². The maximum Gasteiger partial charge on any atom is 0.573 e. The molecule has 200 valence electrons. The van der Waals surface area contributed by atoms with Gasteiger partial charge in [0.05, 0.1) is 28.3 Å². The fourth-order valence-electron chi connectivity index (χ4n) is 3.94. The number of benzene rings is 3. The fraction of sp³-hybridized carbons (Fsp3) is 0.125. The molecule has 0 spiro atoms. The summed E-state index contributed by atoms with van der Waals surface area (Å²) >= 11 is 12.8. The van der Waals surface area contributed by atoms with Crippen LogP contribution in [0.25, 0.3) is 11.0 Å². The maximum atomic E-state index is 12.5. The number of rotatable bonds is 6. The molecule has 2 N–H and O–H groups in total. The third-order valence-corrected chi connectivity index (χ3v) is 6.11. The summed E-state index contributed by atoms with van der Waals surface area (Å²) in [6.45, 7) is 0.314. The van der Waals surface area contributed by atoms with Crippen molar-refractivity contribution < 1.29 is 22.7 Å². The molecular weight excluding hydrogens is 560 g/mol. The first-order chi connectivity index (χ1) is 18.6. The Kier molecular flexibility index (Phi) is 7.02. The van der Waals surface area contributed by atoms with Gasteiger partial charge in [0.25, 0.3) is 11.9 Å². The van der Waals surface area contributed by atoms with Gasteiger partial charge in [0.1, 0.15) is 5.75 Å². The number of aromatic amines is 1. The molecule has 0 aliphatic rings. The van der Waals surface area contributed by atoms with Gasteiger partial charge in [-0.25, -0.2) is 4.99 Å². The second kappa shape index (κ2) is 10.4. The van der Waals surface area contributed by atoms with Gasteiger partial charge in [-0.1, -0.05) is 40.4 Å². The van der Waals surface area contributed by atoms with Gasteiger partial charge in [0.15, 0.2) is 0 Å². The minimum absolute atomic E-state index is 0.0494. The highest BCUT2D eigenvalue weighted by atomic mass is 35.5. The van der Waals surface area contributed by atoms with Crippen LogP contribution in [0.3, 0.4) is 0 Å². The molecule has 2 aromatic heterocycles. The van der Waals surface area contributed by atoms with Crippen LogP contribution in [0.2, 0.25) is 10.0 Å². The van der Waals surface area contributed by atoms with Gasteiger partial charge < -0.3 is 13.9 Å². The summed E-state index contributed by atoms with van der Waals surface area (Å²) in [5, 5.41) is 16.4. The molecule has 0 radical (unpaired) electrons. The van der Waals surface area contributed by atoms with E-state index < -0.39 is 12.3 Å². The predicted octanol–water partition coefficient (Wildman–Crippen LogP) is 5.23. The number of hydrogen-bond donors (Lipinski definition) is 2. The second-order valence-corrected chi connectivity index (χ2v) is 9.08. The maximum absolute atomic E-state index is 12.5. The van der Waals surface area contributed by atoms with E-state index in [9.17, 15) is 18.0 Å². The molecule has 10 nitrogen and oxygen atoms in total. The van der Waals surface area contributed by atoms with E-state index in [0.717, 1.165) is 5.56 Å². The summed E-state index contributed by atoms with van der Waals surface area (Å²) in [5.74, 6) is -0.717. The molecule has 0 unspecified atom stereocenters. The Balaban J connectivity index is 1.52. The number of aromatic nitrogens is 6. The van der Waals surface area contributed by atoms with E-state index in [1.54, 1.807) is 48.0 Å². The molecule has 2 heterocycles. The number of anilines is 1. The Morgan fingerprint density at radius 1 is 1.10 bits per heavy atom. The summed E-state index contributed by atoms with van der Waals surface area (Å²) in [7, 11) is 1.77. The molecule has 0 saturated carbocycles. The lowest BCUT2D eigenvalue weighted by Crippen LogP contribution is -2.24. The van der Waals surface area contributed by atoms with Crippen molar-refractivity contribution in [1.82, 2.24) is 29.8 Å². The number of carbonyl (C=O) groups is 1. The lowest BCUT2D eigenvalue weighted by Gasteiger charge is -2.09. The first kappa shape index (κ1) is 26.3. The minimum atomic E-state index is -4.79. The summed E-state index contributed by atoms with van der Waals surface area (Å²) in [6, 6.07) is 15.4. The standard InChI is InChI=1S/C24H17Cl2F3N8O2/c1-36-20-18(26)10-15(25)11-19(20)37(23(36)30-16-6-8-17(9-7-16)39-24(27,28)29)12-13-2-4-14(5-3-13)21(38)31-22-32-34-35-33-22/h2-11H,12H2,1H3,(H2,31,32,33,34,35,38). The van der Waals surface area contributed by atoms with Crippen LogP contribution in [-0.2, 0) is 13.6 Å². The van der Waals surface area contributed by atoms with Crippen molar-refractivity contribution >= 4 is 51.8 Å². The van der Waals surface area contributed by atoms with Gasteiger partial charge in [-0.15, -0.1) is 18.3 Å². The fourth-order valence-corrected chi connectivity index (χ4v) is 4.55. The second-order valence-electron chi connectivity index (χ2n) is 8.24. The minimum Gasteiger partial charge on any atom is -0.406 e. The number of tetrazole rings is 1. The monoisotopic (exact) mass is 576 g/mol. The molecule has 0 atom stereocenters. The van der Waals surface area contributed by atoms with Crippen LogP contribution in [0, 0.1) is 0 Å². The average Bonchev–Trinajstić information content (AvgIpc) is 3.47. The van der Waals surface area contributed by atoms with E-state index in [1.165, 1.54) is 24.3 Å². The quantitative estimate of drug-likeness (QED) is 0.287. The Morgan fingerprint density at radius 2 is 1.82 bits per heavy atom. The lowest BCUT2D eigenvalue weighted by atomic mass is 10.1. The number of nitrogens with zero attached hydrogens (tertiary/aromatic N) is 6. The van der Waals surface area contributed by atoms with Crippen molar-refractivity contribution in [3.63, 3.8) is 0 Å². The van der Waals surface area contributed by atoms with E-state index >= 15 is 0 Å². The van der Waals surface area contributed by atoms with Gasteiger partial charge in [-0.05, 0) is 59.3 Å². The van der Waals surface area contributed by atoms with E-state index in [-0.39, 0.29) is 11.7 Å². The third-order valence-electron chi connectivity index (χ3n) is 5.60. The first-order valence-corrected chi connectivity index (χ1v) is 11.9. The van der Waals surface area contributed by atoms with Crippen molar-refractivity contribution in [3.8, 4) is 5.75 Å². The summed E-state index contributed by atoms with van der Waals surface area (Å²) < 4.78 is 45.2. The molecule has 0 bridgehead atoms. The zero-order valence-electron chi connectivity index (χ0n) is 19.9. The molecule has 0 fully saturated rings. The molecule has 15 heteroatoms. The number of H-pyrrole nitrogens is 1. The number of halogens is 5. The van der Waals surface area contributed by atoms with Crippen molar-refractivity contribution in [2.75, 3.05) is 5.32 Å². The Labute approximate surface area is 227 Å². The molecule has 0 aliphatic heterocycles. The number of hydrogen-bond acceptors (Lipinski definition) is 6. The van der Waals surface area contributed by atoms with E-state index in [0.29, 0.717) is 44.5 Å². The Morgan fingerprint density at radius 3 is 2.46 bits per heavy atom. The van der Waals surface area contributed by atoms with Gasteiger partial charge in [-0.3, -0.25) is 10.1 Å². The molecule has 0 aliphatic carbocycles. The molecule has 1 amide bonds. The Hall–Kier alpha value is -4.36. The molecule has 3 aromatic carbocycles. The number of aryl methyl sites for hydroxylation is 1. The van der Waals surface area contributed by atoms with Gasteiger partial charge in [-0.2, -0.15) is 5.21 Å². The molecular formula is C24H17Cl2F3N8O2. The average molecular weight is 577 g/mol. The number of ether oxygens (including phenoxy) is 1. The molecule has 39 heavy (non-hydrogen) atoms. The van der Waals surface area contributed by atoms with Gasteiger partial charge in [0.2, 0.25) is 5.62 Å². The van der Waals surface area contributed by atoms with Crippen LogP contribution < -0.4 is 15.7 Å². The van der Waals surface area contributed by atoms with Crippen molar-refractivity contribution in [2.24, 2.45) is 12.0 Å². The predicted molar refractivity (Wildman–Crippen MR) is 137 cm³/mol. The summed E-state index contributed by atoms with van der Waals surface area (Å²) in [6.07, 6.45) is -4.79. The van der Waals surface area contributed by atoms with Crippen LogP contribution in [-0.4, -0.2) is 42.0 Å². The van der Waals surface area contributed by atoms with Crippen molar-refractivity contribution in [1.29, 1.82) is 0 Å². The summed E-state index contributed by atoms with van der Waals surface area (Å²) in [4.78, 5) is 17.1. The highest BCUT2D eigenvalue weighted by Gasteiger charge is 2.31. The highest BCUT2D eigenvalue weighted by Crippen LogP contribution is 2.29. The van der Waals surface area contributed by atoms with Gasteiger partial charge >= 0.3 is 6.36 Å². The van der Waals surface area contributed by atoms with Crippen LogP contribution in [0.1, 0.15) is 15.9 Å². The Bertz CT molecular complexity index is 1710. The highest BCUT2D eigenvalue weighted by molar-refractivity contribution is 6.38. The smallest absolute Gasteiger partial charge is 0.406 e. The summed E-state index contributed by atoms with van der Waals surface area (Å²) in [5.41, 5.74) is 3.39. The van der Waals surface area contributed by atoms with E-state index in [2.05, 4.69) is 35.7 Å². The number of amides is 1. The van der Waals surface area contributed by atoms with Crippen LogP contribution in [0.5, 0.6) is 5.75 Å². The zero-order chi connectivity index (χ0) is 27.7. The number of alkyl halides is 3. The van der Waals surface area contributed by atoms with Crippen molar-refractivity contribution in [2.45, 2.75) is 12.9 Å². The van der Waals surface area contributed by atoms with Crippen LogP contribution in [0.4, 0.5) is 24.8 Å².